The van der Waals surface area contributed by atoms with E-state index >= 15 is 0 Å². The summed E-state index contributed by atoms with van der Waals surface area (Å²) in [6.07, 6.45) is -4.12. The standard InChI is InChI=1S/C25H26F4N4O3/c1-23(2,17-7-5-6-15-10-11-36-20(15)17)13-24(35,25(27,28)29)14-31-22(34)16-12-32-33(21(16)30)19-9-4-3-8-18(19)26/h3-9,12,35H,10-11,13-14,30H2,1-2H3,(H,31,34)/t24-/m1/s1. The maximum atomic E-state index is 14.1. The summed E-state index contributed by atoms with van der Waals surface area (Å²) in [6, 6.07) is 10.8. The summed E-state index contributed by atoms with van der Waals surface area (Å²) < 4.78 is 63.1. The Bertz CT molecular complexity index is 1290. The van der Waals surface area contributed by atoms with Gasteiger partial charge in [0.05, 0.1) is 19.3 Å². The normalized spacial score (nSPS) is 15.2. The molecule has 1 aliphatic heterocycles. The molecule has 0 saturated carbocycles. The average molecular weight is 507 g/mol. The molecular weight excluding hydrogens is 480 g/mol. The first-order chi connectivity index (χ1) is 16.8. The Hall–Kier alpha value is -3.60. The van der Waals surface area contributed by atoms with Gasteiger partial charge in [-0.05, 0) is 29.5 Å². The maximum absolute atomic E-state index is 14.1. The van der Waals surface area contributed by atoms with Crippen molar-refractivity contribution in [2.24, 2.45) is 0 Å². The number of rotatable bonds is 7. The monoisotopic (exact) mass is 506 g/mol. The maximum Gasteiger partial charge on any atom is 0.418 e. The SMILES string of the molecule is CC(C)(C[C@@](O)(CNC(=O)c1cnn(-c2ccccc2F)c1N)C(F)(F)F)c1cccc2c1OCC2. The topological polar surface area (TPSA) is 102 Å². The fraction of sp³-hybridized carbons (Fsp3) is 0.360. The molecule has 0 radical (unpaired) electrons. The van der Waals surface area contributed by atoms with Crippen LogP contribution in [0.2, 0.25) is 0 Å². The van der Waals surface area contributed by atoms with Crippen LogP contribution in [0.25, 0.3) is 5.69 Å². The van der Waals surface area contributed by atoms with Crippen molar-refractivity contribution in [1.82, 2.24) is 15.1 Å². The second kappa shape index (κ2) is 9.12. The number of carbonyl (C=O) groups excluding carboxylic acids is 1. The number of hydrogen-bond acceptors (Lipinski definition) is 5. The molecule has 1 aliphatic rings. The molecule has 0 spiro atoms. The van der Waals surface area contributed by atoms with Crippen molar-refractivity contribution in [3.05, 3.63) is 71.2 Å². The molecule has 7 nitrogen and oxygen atoms in total. The van der Waals surface area contributed by atoms with E-state index in [1.807, 2.05) is 6.07 Å². The quantitative estimate of drug-likeness (QED) is 0.422. The van der Waals surface area contributed by atoms with Crippen LogP contribution in [0.3, 0.4) is 0 Å². The number of aliphatic hydroxyl groups is 1. The predicted molar refractivity (Wildman–Crippen MR) is 125 cm³/mol. The minimum atomic E-state index is -5.06. The Morgan fingerprint density at radius 2 is 1.92 bits per heavy atom. The Morgan fingerprint density at radius 1 is 1.19 bits per heavy atom. The zero-order chi connectivity index (χ0) is 26.3. The van der Waals surface area contributed by atoms with Gasteiger partial charge < -0.3 is 20.9 Å². The minimum absolute atomic E-state index is 0.0276. The number of anilines is 1. The van der Waals surface area contributed by atoms with Crippen molar-refractivity contribution in [2.45, 2.75) is 43.9 Å². The van der Waals surface area contributed by atoms with Crippen LogP contribution >= 0.6 is 0 Å². The minimum Gasteiger partial charge on any atom is -0.493 e. The van der Waals surface area contributed by atoms with Crippen molar-refractivity contribution in [3.8, 4) is 11.4 Å². The van der Waals surface area contributed by atoms with E-state index in [0.29, 0.717) is 24.3 Å². The fourth-order valence-corrected chi connectivity index (χ4v) is 4.51. The number of halogens is 4. The van der Waals surface area contributed by atoms with E-state index in [1.54, 1.807) is 26.0 Å². The molecule has 0 saturated heterocycles. The summed E-state index contributed by atoms with van der Waals surface area (Å²) >= 11 is 0. The van der Waals surface area contributed by atoms with Crippen molar-refractivity contribution in [2.75, 3.05) is 18.9 Å². The Kier molecular flexibility index (Phi) is 6.46. The van der Waals surface area contributed by atoms with E-state index in [0.717, 1.165) is 16.4 Å². The highest BCUT2D eigenvalue weighted by Crippen LogP contribution is 2.45. The van der Waals surface area contributed by atoms with Crippen LogP contribution in [0.4, 0.5) is 23.4 Å². The van der Waals surface area contributed by atoms with Crippen LogP contribution in [0, 0.1) is 5.82 Å². The molecule has 0 bridgehead atoms. The lowest BCUT2D eigenvalue weighted by Crippen LogP contribution is -2.56. The molecule has 11 heteroatoms. The second-order valence-electron chi connectivity index (χ2n) is 9.47. The first kappa shape index (κ1) is 25.5. The molecule has 0 fully saturated rings. The highest BCUT2D eigenvalue weighted by molar-refractivity contribution is 5.98. The number of nitrogens with two attached hydrogens (primary N) is 1. The number of hydrogen-bond donors (Lipinski definition) is 3. The molecule has 2 heterocycles. The molecule has 1 amide bonds. The Balaban J connectivity index is 1.56. The van der Waals surface area contributed by atoms with Crippen molar-refractivity contribution in [1.29, 1.82) is 0 Å². The van der Waals surface area contributed by atoms with E-state index in [1.165, 1.54) is 24.3 Å². The number of nitrogen functional groups attached to an aromatic ring is 1. The van der Waals surface area contributed by atoms with Gasteiger partial charge in [0.15, 0.2) is 5.60 Å². The molecule has 4 N–H and O–H groups in total. The zero-order valence-corrected chi connectivity index (χ0v) is 19.7. The van der Waals surface area contributed by atoms with Crippen LogP contribution in [-0.4, -0.2) is 45.7 Å². The van der Waals surface area contributed by atoms with Gasteiger partial charge in [-0.1, -0.05) is 44.2 Å². The van der Waals surface area contributed by atoms with Crippen LogP contribution < -0.4 is 15.8 Å². The van der Waals surface area contributed by atoms with Crippen molar-refractivity contribution < 1.29 is 32.2 Å². The third-order valence-electron chi connectivity index (χ3n) is 6.38. The van der Waals surface area contributed by atoms with Gasteiger partial charge in [0, 0.05) is 12.0 Å². The smallest absolute Gasteiger partial charge is 0.418 e. The van der Waals surface area contributed by atoms with E-state index < -0.39 is 41.9 Å². The van der Waals surface area contributed by atoms with Crippen LogP contribution in [0.5, 0.6) is 5.75 Å². The number of carbonyl (C=O) groups is 1. The summed E-state index contributed by atoms with van der Waals surface area (Å²) in [5, 5.41) is 16.8. The molecular formula is C25H26F4N4O3. The third kappa shape index (κ3) is 4.62. The molecule has 192 valence electrons. The number of fused-ring (bicyclic) bond motifs is 1. The fourth-order valence-electron chi connectivity index (χ4n) is 4.51. The number of amides is 1. The first-order valence-electron chi connectivity index (χ1n) is 11.2. The molecule has 0 unspecified atom stereocenters. The molecule has 4 rings (SSSR count). The Morgan fingerprint density at radius 3 is 2.61 bits per heavy atom. The van der Waals surface area contributed by atoms with Gasteiger partial charge in [-0.3, -0.25) is 4.79 Å². The van der Waals surface area contributed by atoms with E-state index in [-0.39, 0.29) is 17.1 Å². The average Bonchev–Trinajstić information content (AvgIpc) is 3.43. The molecule has 2 aromatic carbocycles. The van der Waals surface area contributed by atoms with Crippen LogP contribution in [0.1, 0.15) is 41.8 Å². The van der Waals surface area contributed by atoms with Crippen LogP contribution in [-0.2, 0) is 11.8 Å². The van der Waals surface area contributed by atoms with Crippen molar-refractivity contribution in [3.63, 3.8) is 0 Å². The van der Waals surface area contributed by atoms with Gasteiger partial charge in [-0.25, -0.2) is 9.07 Å². The summed E-state index contributed by atoms with van der Waals surface area (Å²) in [6.45, 7) is 2.47. The van der Waals surface area contributed by atoms with Gasteiger partial charge in [-0.15, -0.1) is 0 Å². The van der Waals surface area contributed by atoms with E-state index in [4.69, 9.17) is 10.5 Å². The van der Waals surface area contributed by atoms with Gasteiger partial charge in [0.25, 0.3) is 5.91 Å². The third-order valence-corrected chi connectivity index (χ3v) is 6.38. The zero-order valence-electron chi connectivity index (χ0n) is 19.7. The van der Waals surface area contributed by atoms with Crippen LogP contribution in [0.15, 0.2) is 48.7 Å². The summed E-state index contributed by atoms with van der Waals surface area (Å²) in [7, 11) is 0. The van der Waals surface area contributed by atoms with E-state index in [9.17, 15) is 27.5 Å². The first-order valence-corrected chi connectivity index (χ1v) is 11.2. The highest BCUT2D eigenvalue weighted by atomic mass is 19.4. The molecule has 36 heavy (non-hydrogen) atoms. The number of benzene rings is 2. The molecule has 0 aliphatic carbocycles. The van der Waals surface area contributed by atoms with Gasteiger partial charge in [0.2, 0.25) is 0 Å². The molecule has 1 atom stereocenters. The summed E-state index contributed by atoms with van der Waals surface area (Å²) in [4.78, 5) is 12.7. The summed E-state index contributed by atoms with van der Waals surface area (Å²) in [5.74, 6) is -1.36. The largest absolute Gasteiger partial charge is 0.493 e. The van der Waals surface area contributed by atoms with Gasteiger partial charge in [0.1, 0.15) is 28.6 Å². The molecule has 1 aromatic heterocycles. The lowest BCUT2D eigenvalue weighted by Gasteiger charge is -2.38. The Labute approximate surface area is 204 Å². The van der Waals surface area contributed by atoms with E-state index in [2.05, 4.69) is 10.4 Å². The lowest BCUT2D eigenvalue weighted by molar-refractivity contribution is -0.263. The van der Waals surface area contributed by atoms with Gasteiger partial charge in [-0.2, -0.15) is 18.3 Å². The highest BCUT2D eigenvalue weighted by Gasteiger charge is 2.56. The number of ether oxygens (including phenoxy) is 1. The number of nitrogens with one attached hydrogen (secondary N) is 1. The number of aromatic nitrogens is 2. The predicted octanol–water partition coefficient (Wildman–Crippen LogP) is 3.92. The van der Waals surface area contributed by atoms with Gasteiger partial charge >= 0.3 is 6.18 Å². The second-order valence-corrected chi connectivity index (χ2v) is 9.47. The lowest BCUT2D eigenvalue weighted by atomic mass is 9.74. The summed E-state index contributed by atoms with van der Waals surface area (Å²) in [5.41, 5.74) is 2.68. The number of para-hydroxylation sites is 2. The molecule has 3 aromatic rings. The van der Waals surface area contributed by atoms with Crippen molar-refractivity contribution >= 4 is 11.7 Å². The number of nitrogens with zero attached hydrogens (tertiary/aromatic N) is 2. The number of alkyl halides is 3.